The van der Waals surface area contributed by atoms with Crippen molar-refractivity contribution < 1.29 is 4.42 Å². The van der Waals surface area contributed by atoms with Crippen LogP contribution in [0.1, 0.15) is 48.4 Å². The Morgan fingerprint density at radius 3 is 1.92 bits per heavy atom. The Morgan fingerprint density at radius 2 is 1.18 bits per heavy atom. The molecule has 0 saturated heterocycles. The van der Waals surface area contributed by atoms with E-state index in [1.165, 1.54) is 82.1 Å². The molecule has 4 aliphatic rings. The smallest absolute Gasteiger partial charge is 0.140 e. The number of para-hydroxylation sites is 1. The van der Waals surface area contributed by atoms with E-state index < -0.39 is 0 Å². The predicted octanol–water partition coefficient (Wildman–Crippen LogP) is 13.1. The zero-order valence-corrected chi connectivity index (χ0v) is 28.3. The van der Waals surface area contributed by atoms with E-state index in [1.807, 2.05) is 0 Å². The van der Waals surface area contributed by atoms with Gasteiger partial charge in [-0.05, 0) is 72.6 Å². The van der Waals surface area contributed by atoms with Gasteiger partial charge in [-0.15, -0.1) is 0 Å². The fraction of sp³-hybridized carbons (Fsp3) is 0.143. The lowest BCUT2D eigenvalue weighted by Crippen LogP contribution is -2.18. The molecule has 238 valence electrons. The summed E-state index contributed by atoms with van der Waals surface area (Å²) >= 11 is 0. The van der Waals surface area contributed by atoms with Crippen molar-refractivity contribution in [3.05, 3.63) is 180 Å². The largest absolute Gasteiger partial charge is 0.456 e. The first-order valence-corrected chi connectivity index (χ1v) is 18.0. The van der Waals surface area contributed by atoms with Crippen LogP contribution in [0.4, 0.5) is 0 Å². The van der Waals surface area contributed by atoms with Crippen LogP contribution in [0.3, 0.4) is 0 Å². The van der Waals surface area contributed by atoms with E-state index in [2.05, 4.69) is 166 Å². The van der Waals surface area contributed by atoms with Gasteiger partial charge in [-0.25, -0.2) is 0 Å². The molecule has 3 atom stereocenters. The van der Waals surface area contributed by atoms with Gasteiger partial charge in [0.25, 0.3) is 0 Å². The molecule has 6 aromatic carbocycles. The van der Waals surface area contributed by atoms with Crippen LogP contribution in [0.25, 0.3) is 65.4 Å². The van der Waals surface area contributed by atoms with Crippen molar-refractivity contribution in [2.75, 3.05) is 0 Å². The number of allylic oxidation sites excluding steroid dienone is 12. The monoisotopic (exact) mass is 640 g/mol. The minimum absolute atomic E-state index is 0.161. The topological polar surface area (TPSA) is 13.1 Å². The molecule has 0 N–H and O–H groups in total. The van der Waals surface area contributed by atoms with E-state index in [0.717, 1.165) is 17.6 Å². The van der Waals surface area contributed by atoms with Gasteiger partial charge in [0.15, 0.2) is 0 Å². The molecular formula is C49H36O. The van der Waals surface area contributed by atoms with Gasteiger partial charge in [-0.2, -0.15) is 0 Å². The number of furan rings is 1. The molecule has 0 bridgehead atoms. The molecule has 1 aromatic heterocycles. The fourth-order valence-electron chi connectivity index (χ4n) is 10.2. The Balaban J connectivity index is 1.15. The van der Waals surface area contributed by atoms with Crippen molar-refractivity contribution in [2.24, 2.45) is 11.8 Å². The number of hydrogen-bond acceptors (Lipinski definition) is 1. The Hall–Kier alpha value is -5.66. The van der Waals surface area contributed by atoms with Gasteiger partial charge >= 0.3 is 0 Å². The molecule has 0 spiro atoms. The third-order valence-corrected chi connectivity index (χ3v) is 12.2. The molecular weight excluding hydrogens is 605 g/mol. The van der Waals surface area contributed by atoms with Crippen LogP contribution in [0.2, 0.25) is 0 Å². The first kappa shape index (κ1) is 28.2. The highest BCUT2D eigenvalue weighted by atomic mass is 16.3. The van der Waals surface area contributed by atoms with Crippen molar-refractivity contribution in [2.45, 2.75) is 31.6 Å². The average molecular weight is 641 g/mol. The summed E-state index contributed by atoms with van der Waals surface area (Å²) in [7, 11) is 0. The predicted molar refractivity (Wildman–Crippen MR) is 212 cm³/mol. The zero-order valence-electron chi connectivity index (χ0n) is 28.3. The highest BCUT2D eigenvalue weighted by Gasteiger charge is 2.46. The Kier molecular flexibility index (Phi) is 5.75. The van der Waals surface area contributed by atoms with Crippen LogP contribution in [0, 0.1) is 11.8 Å². The second kappa shape index (κ2) is 10.2. The Morgan fingerprint density at radius 1 is 0.580 bits per heavy atom. The van der Waals surface area contributed by atoms with Crippen molar-refractivity contribution in [3.8, 4) is 0 Å². The maximum atomic E-state index is 6.82. The van der Waals surface area contributed by atoms with Crippen LogP contribution in [0.5, 0.6) is 0 Å². The van der Waals surface area contributed by atoms with Gasteiger partial charge in [0.05, 0.1) is 0 Å². The van der Waals surface area contributed by atoms with Crippen molar-refractivity contribution in [3.63, 3.8) is 0 Å². The van der Waals surface area contributed by atoms with Crippen LogP contribution in [0.15, 0.2) is 162 Å². The lowest BCUT2D eigenvalue weighted by atomic mass is 9.73. The molecule has 1 nitrogen and oxygen atoms in total. The summed E-state index contributed by atoms with van der Waals surface area (Å²) in [5, 5.41) is 10.4. The molecule has 50 heavy (non-hydrogen) atoms. The van der Waals surface area contributed by atoms with Crippen molar-refractivity contribution in [1.29, 1.82) is 0 Å². The molecule has 4 aliphatic carbocycles. The molecule has 0 amide bonds. The van der Waals surface area contributed by atoms with Gasteiger partial charge < -0.3 is 4.42 Å². The van der Waals surface area contributed by atoms with Gasteiger partial charge in [0, 0.05) is 39.5 Å². The Labute approximate surface area is 291 Å². The summed E-state index contributed by atoms with van der Waals surface area (Å²) in [4.78, 5) is 0. The van der Waals surface area contributed by atoms with Crippen LogP contribution in [-0.4, -0.2) is 0 Å². The number of rotatable bonds is 2. The lowest BCUT2D eigenvalue weighted by molar-refractivity contribution is 0.597. The molecule has 1 heteroatoms. The molecule has 0 fully saturated rings. The second-order valence-electron chi connectivity index (χ2n) is 15.1. The summed E-state index contributed by atoms with van der Waals surface area (Å²) in [5.74, 6) is 0.995. The molecule has 0 radical (unpaired) electrons. The third-order valence-electron chi connectivity index (χ3n) is 12.2. The highest BCUT2D eigenvalue weighted by Crippen LogP contribution is 2.60. The summed E-state index contributed by atoms with van der Waals surface area (Å²) in [5.41, 5.74) is 11.7. The number of benzene rings is 6. The van der Waals surface area contributed by atoms with Crippen LogP contribution in [-0.2, 0) is 5.41 Å². The first-order chi connectivity index (χ1) is 24.6. The standard InChI is InChI=1S/C49H36O/c1-49(2)41-27-26-30(28-40(41)45-37-21-9-10-22-38(37)46-39-23-11-12-25-42(39)50-48(46)47(45)49)43-33-17-5-7-19-35(33)44(36-20-8-6-18-34(36)43)32-24-13-15-29-14-3-4-16-31(29)32/h3-27,29,31,40H,28H2,1-2H3. The summed E-state index contributed by atoms with van der Waals surface area (Å²) in [6.45, 7) is 4.82. The minimum Gasteiger partial charge on any atom is -0.456 e. The fourth-order valence-corrected chi connectivity index (χ4v) is 10.2. The summed E-state index contributed by atoms with van der Waals surface area (Å²) in [6.07, 6.45) is 21.9. The lowest BCUT2D eigenvalue weighted by Gasteiger charge is -2.31. The van der Waals surface area contributed by atoms with Crippen molar-refractivity contribution in [1.82, 2.24) is 0 Å². The maximum absolute atomic E-state index is 6.82. The van der Waals surface area contributed by atoms with Gasteiger partial charge in [-0.3, -0.25) is 0 Å². The van der Waals surface area contributed by atoms with Gasteiger partial charge in [0.2, 0.25) is 0 Å². The third kappa shape index (κ3) is 3.67. The molecule has 0 aliphatic heterocycles. The molecule has 3 unspecified atom stereocenters. The van der Waals surface area contributed by atoms with E-state index in [-0.39, 0.29) is 11.3 Å². The normalized spacial score (nSPS) is 21.8. The second-order valence-corrected chi connectivity index (χ2v) is 15.1. The highest BCUT2D eigenvalue weighted by molar-refractivity contribution is 6.22. The average Bonchev–Trinajstić information content (AvgIpc) is 3.66. The van der Waals surface area contributed by atoms with Crippen LogP contribution < -0.4 is 0 Å². The SMILES string of the molecule is CC1(C)C2=CC=C(c3c4ccccc4c(C4=CC=CC5C=CC=CC45)c4ccccc34)CC2c2c1c1oc3ccccc3c1c1ccccc21. The van der Waals surface area contributed by atoms with E-state index >= 15 is 0 Å². The van der Waals surface area contributed by atoms with E-state index in [0.29, 0.717) is 11.8 Å². The maximum Gasteiger partial charge on any atom is 0.140 e. The van der Waals surface area contributed by atoms with E-state index in [1.54, 1.807) is 0 Å². The summed E-state index contributed by atoms with van der Waals surface area (Å²) < 4.78 is 6.82. The zero-order chi connectivity index (χ0) is 33.1. The van der Waals surface area contributed by atoms with Crippen molar-refractivity contribution >= 4 is 65.4 Å². The molecule has 1 heterocycles. The molecule has 11 rings (SSSR count). The quantitative estimate of drug-likeness (QED) is 0.171. The number of hydrogen-bond donors (Lipinski definition) is 0. The molecule has 0 saturated carbocycles. The van der Waals surface area contributed by atoms with Crippen LogP contribution >= 0.6 is 0 Å². The molecule has 7 aromatic rings. The van der Waals surface area contributed by atoms with E-state index in [4.69, 9.17) is 4.42 Å². The first-order valence-electron chi connectivity index (χ1n) is 18.0. The van der Waals surface area contributed by atoms with Gasteiger partial charge in [0.1, 0.15) is 11.2 Å². The Bertz CT molecular complexity index is 2770. The van der Waals surface area contributed by atoms with E-state index in [9.17, 15) is 0 Å². The van der Waals surface area contributed by atoms with Gasteiger partial charge in [-0.1, -0.05) is 165 Å². The summed E-state index contributed by atoms with van der Waals surface area (Å²) in [6, 6.07) is 35.9. The minimum atomic E-state index is -0.161. The number of fused-ring (bicyclic) bond motifs is 13.